The van der Waals surface area contributed by atoms with Crippen LogP contribution in [-0.2, 0) is 12.8 Å². The van der Waals surface area contributed by atoms with Crippen molar-refractivity contribution in [2.24, 2.45) is 0 Å². The monoisotopic (exact) mass is 299 g/mol. The van der Waals surface area contributed by atoms with E-state index in [0.717, 1.165) is 25.8 Å². The molecule has 2 N–H and O–H groups in total. The lowest BCUT2D eigenvalue weighted by Crippen LogP contribution is -2.38. The summed E-state index contributed by atoms with van der Waals surface area (Å²) in [5, 5.41) is 14.2. The molecule has 2 nitrogen and oxygen atoms in total. The first-order valence-electron chi connectivity index (χ1n) is 7.56. The van der Waals surface area contributed by atoms with Gasteiger partial charge in [0.1, 0.15) is 5.75 Å². The van der Waals surface area contributed by atoms with Crippen LogP contribution in [0.3, 0.4) is 0 Å². The van der Waals surface area contributed by atoms with Crippen molar-refractivity contribution in [1.82, 2.24) is 5.32 Å². The summed E-state index contributed by atoms with van der Waals surface area (Å²) < 4.78 is 0. The number of phenolic OH excluding ortho intramolecular Hbond substituents is 1. The van der Waals surface area contributed by atoms with E-state index in [-0.39, 0.29) is 5.75 Å². The number of nitrogens with one attached hydrogen (secondary N) is 1. The third kappa shape index (κ3) is 2.14. The Labute approximate surface area is 129 Å². The summed E-state index contributed by atoms with van der Waals surface area (Å²) in [7, 11) is 0. The molecule has 0 fully saturated rings. The third-order valence-electron chi connectivity index (χ3n) is 4.86. The lowest BCUT2D eigenvalue weighted by atomic mass is 9.75. The van der Waals surface area contributed by atoms with Gasteiger partial charge in [0.15, 0.2) is 0 Å². The van der Waals surface area contributed by atoms with E-state index in [1.54, 1.807) is 0 Å². The summed E-state index contributed by atoms with van der Waals surface area (Å²) >= 11 is 6.10. The fourth-order valence-electron chi connectivity index (χ4n) is 3.88. The van der Waals surface area contributed by atoms with E-state index in [0.29, 0.717) is 17.0 Å². The van der Waals surface area contributed by atoms with E-state index in [1.165, 1.54) is 22.3 Å². The van der Waals surface area contributed by atoms with Crippen LogP contribution in [0.5, 0.6) is 5.75 Å². The molecule has 1 aliphatic carbocycles. The zero-order valence-electron chi connectivity index (χ0n) is 11.8. The standard InChI is InChI=1S/C18H18ClNO/c19-15-9-12-7-8-20-16-6-5-11-3-1-2-4-13(11)18(16)14(12)10-17(15)21/h1-4,9-10,16,18,20-21H,5-8H2. The molecule has 108 valence electrons. The van der Waals surface area contributed by atoms with Crippen LogP contribution < -0.4 is 5.32 Å². The van der Waals surface area contributed by atoms with Crippen molar-refractivity contribution in [2.45, 2.75) is 31.2 Å². The molecule has 0 aromatic heterocycles. The molecule has 1 heterocycles. The number of hydrogen-bond acceptors (Lipinski definition) is 2. The molecule has 2 atom stereocenters. The first kappa shape index (κ1) is 13.2. The molecular formula is C18H18ClNO. The molecule has 21 heavy (non-hydrogen) atoms. The van der Waals surface area contributed by atoms with Crippen molar-refractivity contribution in [3.63, 3.8) is 0 Å². The van der Waals surface area contributed by atoms with Gasteiger partial charge in [0.05, 0.1) is 5.02 Å². The predicted octanol–water partition coefficient (Wildman–Crippen LogP) is 3.64. The van der Waals surface area contributed by atoms with Gasteiger partial charge in [0.2, 0.25) is 0 Å². The van der Waals surface area contributed by atoms with Crippen molar-refractivity contribution < 1.29 is 5.11 Å². The Morgan fingerprint density at radius 3 is 2.81 bits per heavy atom. The van der Waals surface area contributed by atoms with Gasteiger partial charge in [-0.1, -0.05) is 35.9 Å². The number of benzene rings is 2. The maximum Gasteiger partial charge on any atom is 0.134 e. The second kappa shape index (κ2) is 5.04. The predicted molar refractivity (Wildman–Crippen MR) is 85.2 cm³/mol. The van der Waals surface area contributed by atoms with Gasteiger partial charge in [-0.25, -0.2) is 0 Å². The van der Waals surface area contributed by atoms with E-state index in [4.69, 9.17) is 11.6 Å². The number of rotatable bonds is 0. The lowest BCUT2D eigenvalue weighted by molar-refractivity contribution is 0.432. The Morgan fingerprint density at radius 2 is 1.90 bits per heavy atom. The molecule has 2 aliphatic rings. The second-order valence-electron chi connectivity index (χ2n) is 6.03. The minimum absolute atomic E-state index is 0.194. The van der Waals surface area contributed by atoms with E-state index >= 15 is 0 Å². The number of halogens is 1. The van der Waals surface area contributed by atoms with Gasteiger partial charge in [0.25, 0.3) is 0 Å². The Morgan fingerprint density at radius 1 is 1.05 bits per heavy atom. The highest BCUT2D eigenvalue weighted by Gasteiger charge is 2.33. The molecule has 0 saturated heterocycles. The highest BCUT2D eigenvalue weighted by atomic mass is 35.5. The quantitative estimate of drug-likeness (QED) is 0.778. The number of fused-ring (bicyclic) bond motifs is 5. The molecule has 3 heteroatoms. The molecule has 4 rings (SSSR count). The Kier molecular flexibility index (Phi) is 3.16. The molecule has 0 spiro atoms. The topological polar surface area (TPSA) is 32.3 Å². The van der Waals surface area contributed by atoms with Crippen LogP contribution in [0, 0.1) is 0 Å². The number of aryl methyl sites for hydroxylation is 1. The maximum atomic E-state index is 10.1. The van der Waals surface area contributed by atoms with Crippen LogP contribution in [0.25, 0.3) is 0 Å². The van der Waals surface area contributed by atoms with E-state index in [9.17, 15) is 5.11 Å². The molecule has 2 unspecified atom stereocenters. The van der Waals surface area contributed by atoms with Gasteiger partial charge in [-0.2, -0.15) is 0 Å². The van der Waals surface area contributed by atoms with Crippen LogP contribution in [0.15, 0.2) is 36.4 Å². The van der Waals surface area contributed by atoms with E-state index < -0.39 is 0 Å². The maximum absolute atomic E-state index is 10.1. The van der Waals surface area contributed by atoms with Crippen molar-refractivity contribution in [3.05, 3.63) is 63.7 Å². The molecular weight excluding hydrogens is 282 g/mol. The molecule has 0 amide bonds. The van der Waals surface area contributed by atoms with Crippen molar-refractivity contribution in [2.75, 3.05) is 6.54 Å². The van der Waals surface area contributed by atoms with Gasteiger partial charge in [-0.15, -0.1) is 0 Å². The van der Waals surface area contributed by atoms with E-state index in [2.05, 4.69) is 29.6 Å². The number of hydrogen-bond donors (Lipinski definition) is 2. The SMILES string of the molecule is Oc1cc2c(cc1Cl)CCNC1CCc3ccccc3C21. The van der Waals surface area contributed by atoms with Crippen molar-refractivity contribution in [3.8, 4) is 5.75 Å². The number of aromatic hydroxyl groups is 1. The second-order valence-corrected chi connectivity index (χ2v) is 6.44. The summed E-state index contributed by atoms with van der Waals surface area (Å²) in [6, 6.07) is 12.9. The largest absolute Gasteiger partial charge is 0.506 e. The fraction of sp³-hybridized carbons (Fsp3) is 0.333. The molecule has 0 saturated carbocycles. The first-order chi connectivity index (χ1) is 10.2. The molecule has 0 bridgehead atoms. The van der Waals surface area contributed by atoms with E-state index in [1.807, 2.05) is 12.1 Å². The Bertz CT molecular complexity index is 698. The summed E-state index contributed by atoms with van der Waals surface area (Å²) in [6.45, 7) is 0.970. The first-order valence-corrected chi connectivity index (χ1v) is 7.94. The molecule has 2 aromatic carbocycles. The highest BCUT2D eigenvalue weighted by molar-refractivity contribution is 6.32. The van der Waals surface area contributed by atoms with Gasteiger partial charge in [0, 0.05) is 12.0 Å². The Hall–Kier alpha value is -1.51. The average molecular weight is 300 g/mol. The minimum atomic E-state index is 0.194. The number of phenols is 1. The van der Waals surface area contributed by atoms with Gasteiger partial charge < -0.3 is 10.4 Å². The van der Waals surface area contributed by atoms with Gasteiger partial charge in [-0.3, -0.25) is 0 Å². The lowest BCUT2D eigenvalue weighted by Gasteiger charge is -2.34. The third-order valence-corrected chi connectivity index (χ3v) is 5.16. The van der Waals surface area contributed by atoms with Crippen molar-refractivity contribution in [1.29, 1.82) is 0 Å². The Balaban J connectivity index is 1.93. The normalized spacial score (nSPS) is 23.7. The molecule has 1 aliphatic heterocycles. The molecule has 2 aromatic rings. The zero-order valence-corrected chi connectivity index (χ0v) is 12.5. The zero-order chi connectivity index (χ0) is 14.4. The van der Waals surface area contributed by atoms with Gasteiger partial charge in [-0.05, 0) is 60.2 Å². The smallest absolute Gasteiger partial charge is 0.134 e. The van der Waals surface area contributed by atoms with Crippen LogP contribution >= 0.6 is 11.6 Å². The van der Waals surface area contributed by atoms with Gasteiger partial charge >= 0.3 is 0 Å². The summed E-state index contributed by atoms with van der Waals surface area (Å²) in [5.41, 5.74) is 5.32. The summed E-state index contributed by atoms with van der Waals surface area (Å²) in [5.74, 6) is 0.509. The van der Waals surface area contributed by atoms with Crippen LogP contribution in [-0.4, -0.2) is 17.7 Å². The summed E-state index contributed by atoms with van der Waals surface area (Å²) in [4.78, 5) is 0. The van der Waals surface area contributed by atoms with Crippen LogP contribution in [0.2, 0.25) is 5.02 Å². The highest BCUT2D eigenvalue weighted by Crippen LogP contribution is 2.42. The molecule has 0 radical (unpaired) electrons. The van der Waals surface area contributed by atoms with Crippen LogP contribution in [0.1, 0.15) is 34.6 Å². The minimum Gasteiger partial charge on any atom is -0.506 e. The van der Waals surface area contributed by atoms with Crippen molar-refractivity contribution >= 4 is 11.6 Å². The van der Waals surface area contributed by atoms with Crippen LogP contribution in [0.4, 0.5) is 0 Å². The fourth-order valence-corrected chi connectivity index (χ4v) is 4.07. The summed E-state index contributed by atoms with van der Waals surface area (Å²) in [6.07, 6.45) is 3.23. The average Bonchev–Trinajstić information content (AvgIpc) is 2.67.